The summed E-state index contributed by atoms with van der Waals surface area (Å²) in [7, 11) is -3.52. The van der Waals surface area contributed by atoms with Crippen molar-refractivity contribution in [1.29, 1.82) is 0 Å². The minimum Gasteiger partial charge on any atom is -0.342 e. The molecule has 0 fully saturated rings. The van der Waals surface area contributed by atoms with Crippen LogP contribution in [0, 0.1) is 21.7 Å². The van der Waals surface area contributed by atoms with Gasteiger partial charge in [-0.2, -0.15) is 0 Å². The standard InChI is InChI=1S/C22H17F2N3O4S2/c1-33(30,31)25-17-6-7-18-20(11-17)26(12-14-8-15(23)10-16(24)9-14)13-22(18)32-21-5-3-2-4-19(21)27(28)29/h2-11,13,25H,12H2,1H3. The van der Waals surface area contributed by atoms with Crippen molar-refractivity contribution in [3.63, 3.8) is 0 Å². The second-order valence-electron chi connectivity index (χ2n) is 7.33. The lowest BCUT2D eigenvalue weighted by atomic mass is 10.2. The van der Waals surface area contributed by atoms with Crippen molar-refractivity contribution in [2.24, 2.45) is 0 Å². The summed E-state index contributed by atoms with van der Waals surface area (Å²) in [6.45, 7) is 0.102. The molecule has 1 N–H and O–H groups in total. The van der Waals surface area contributed by atoms with Gasteiger partial charge in [-0.3, -0.25) is 14.8 Å². The summed E-state index contributed by atoms with van der Waals surface area (Å²) in [6.07, 6.45) is 2.75. The Morgan fingerprint density at radius 3 is 2.39 bits per heavy atom. The van der Waals surface area contributed by atoms with E-state index in [1.807, 2.05) is 0 Å². The number of nitrogens with one attached hydrogen (secondary N) is 1. The number of aromatic nitrogens is 1. The van der Waals surface area contributed by atoms with Gasteiger partial charge in [-0.1, -0.05) is 23.9 Å². The van der Waals surface area contributed by atoms with Crippen molar-refractivity contribution in [2.45, 2.75) is 16.3 Å². The molecule has 0 saturated carbocycles. The highest BCUT2D eigenvalue weighted by Crippen LogP contribution is 2.40. The van der Waals surface area contributed by atoms with Crippen molar-refractivity contribution in [1.82, 2.24) is 4.57 Å². The zero-order valence-corrected chi connectivity index (χ0v) is 18.8. The van der Waals surface area contributed by atoms with E-state index in [1.165, 1.54) is 30.0 Å². The number of nitro benzene ring substituents is 1. The van der Waals surface area contributed by atoms with Gasteiger partial charge in [0.25, 0.3) is 5.69 Å². The molecule has 4 rings (SSSR count). The van der Waals surface area contributed by atoms with Crippen molar-refractivity contribution >= 4 is 44.1 Å². The number of nitro groups is 1. The topological polar surface area (TPSA) is 94.2 Å². The number of hydrogen-bond donors (Lipinski definition) is 1. The lowest BCUT2D eigenvalue weighted by Gasteiger charge is -2.08. The van der Waals surface area contributed by atoms with E-state index in [4.69, 9.17) is 0 Å². The van der Waals surface area contributed by atoms with E-state index in [0.29, 0.717) is 31.9 Å². The third-order valence-electron chi connectivity index (χ3n) is 4.71. The van der Waals surface area contributed by atoms with E-state index >= 15 is 0 Å². The highest BCUT2D eigenvalue weighted by atomic mass is 32.2. The van der Waals surface area contributed by atoms with E-state index in [0.717, 1.165) is 12.3 Å². The highest BCUT2D eigenvalue weighted by Gasteiger charge is 2.18. The third-order valence-corrected chi connectivity index (χ3v) is 6.42. The lowest BCUT2D eigenvalue weighted by Crippen LogP contribution is -2.09. The van der Waals surface area contributed by atoms with Gasteiger partial charge in [0.05, 0.1) is 27.3 Å². The molecule has 1 aromatic heterocycles. The number of fused-ring (bicyclic) bond motifs is 1. The predicted octanol–water partition coefficient (Wildman–Crippen LogP) is 5.40. The van der Waals surface area contributed by atoms with Crippen LogP contribution in [0.3, 0.4) is 0 Å². The minimum absolute atomic E-state index is 0.0500. The molecular formula is C22H17F2N3O4S2. The summed E-state index contributed by atoms with van der Waals surface area (Å²) >= 11 is 1.18. The van der Waals surface area contributed by atoms with Crippen LogP contribution in [-0.2, 0) is 16.6 Å². The van der Waals surface area contributed by atoms with E-state index < -0.39 is 26.6 Å². The Hall–Kier alpha value is -3.44. The van der Waals surface area contributed by atoms with Crippen molar-refractivity contribution in [2.75, 3.05) is 11.0 Å². The van der Waals surface area contributed by atoms with Crippen molar-refractivity contribution in [3.8, 4) is 0 Å². The molecule has 170 valence electrons. The summed E-state index contributed by atoms with van der Waals surface area (Å²) < 4.78 is 54.9. The Bertz CT molecular complexity index is 1470. The van der Waals surface area contributed by atoms with E-state index in [2.05, 4.69) is 4.72 Å². The van der Waals surface area contributed by atoms with Gasteiger partial charge in [0.2, 0.25) is 10.0 Å². The molecule has 1 heterocycles. The molecule has 0 spiro atoms. The molecule has 3 aromatic carbocycles. The predicted molar refractivity (Wildman–Crippen MR) is 123 cm³/mol. The average molecular weight is 490 g/mol. The molecule has 11 heteroatoms. The van der Waals surface area contributed by atoms with Crippen LogP contribution in [0.15, 0.2) is 76.7 Å². The summed E-state index contributed by atoms with van der Waals surface area (Å²) in [4.78, 5) is 12.0. The fourth-order valence-corrected chi connectivity index (χ4v) is 5.11. The molecule has 7 nitrogen and oxygen atoms in total. The second-order valence-corrected chi connectivity index (χ2v) is 10.2. The summed E-state index contributed by atoms with van der Waals surface area (Å²) in [5, 5.41) is 12.1. The molecule has 0 unspecified atom stereocenters. The van der Waals surface area contributed by atoms with Crippen LogP contribution in [0.1, 0.15) is 5.56 Å². The number of hydrogen-bond acceptors (Lipinski definition) is 5. The number of para-hydroxylation sites is 1. The Morgan fingerprint density at radius 2 is 1.73 bits per heavy atom. The Morgan fingerprint density at radius 1 is 1.03 bits per heavy atom. The number of sulfonamides is 1. The van der Waals surface area contributed by atoms with Gasteiger partial charge in [-0.15, -0.1) is 0 Å². The average Bonchev–Trinajstić information content (AvgIpc) is 3.02. The number of nitrogens with zero attached hydrogens (tertiary/aromatic N) is 2. The number of benzene rings is 3. The van der Waals surface area contributed by atoms with E-state index in [9.17, 15) is 27.3 Å². The van der Waals surface area contributed by atoms with Crippen LogP contribution in [0.2, 0.25) is 0 Å². The minimum atomic E-state index is -3.52. The number of rotatable bonds is 7. The second kappa shape index (κ2) is 8.83. The normalized spacial score (nSPS) is 11.6. The third kappa shape index (κ3) is 5.32. The van der Waals surface area contributed by atoms with Gasteiger partial charge in [0.1, 0.15) is 11.6 Å². The van der Waals surface area contributed by atoms with Crippen LogP contribution >= 0.6 is 11.8 Å². The first-order valence-corrected chi connectivity index (χ1v) is 12.3. The van der Waals surface area contributed by atoms with Crippen LogP contribution < -0.4 is 4.72 Å². The largest absolute Gasteiger partial charge is 0.342 e. The van der Waals surface area contributed by atoms with Gasteiger partial charge in [-0.05, 0) is 42.0 Å². The molecule has 0 aliphatic carbocycles. The Labute approximate surface area is 192 Å². The van der Waals surface area contributed by atoms with Gasteiger partial charge >= 0.3 is 0 Å². The summed E-state index contributed by atoms with van der Waals surface area (Å²) in [6, 6.07) is 14.4. The van der Waals surface area contributed by atoms with Gasteiger partial charge in [-0.25, -0.2) is 17.2 Å². The van der Waals surface area contributed by atoms with Crippen LogP contribution in [0.4, 0.5) is 20.2 Å². The molecule has 33 heavy (non-hydrogen) atoms. The van der Waals surface area contributed by atoms with Gasteiger partial charge in [0.15, 0.2) is 0 Å². The molecule has 0 amide bonds. The van der Waals surface area contributed by atoms with Crippen LogP contribution in [0.25, 0.3) is 10.9 Å². The molecule has 4 aromatic rings. The molecule has 0 bridgehead atoms. The fourth-order valence-electron chi connectivity index (χ4n) is 3.46. The van der Waals surface area contributed by atoms with Crippen LogP contribution in [0.5, 0.6) is 0 Å². The lowest BCUT2D eigenvalue weighted by molar-refractivity contribution is -0.387. The smallest absolute Gasteiger partial charge is 0.283 e. The zero-order chi connectivity index (χ0) is 23.8. The monoisotopic (exact) mass is 489 g/mol. The molecule has 0 atom stereocenters. The number of halogens is 2. The molecule has 0 aliphatic rings. The quantitative estimate of drug-likeness (QED) is 0.277. The van der Waals surface area contributed by atoms with Crippen molar-refractivity contribution < 1.29 is 22.1 Å². The molecular weight excluding hydrogens is 472 g/mol. The Balaban J connectivity index is 1.83. The van der Waals surface area contributed by atoms with Crippen LogP contribution in [-0.4, -0.2) is 24.2 Å². The van der Waals surface area contributed by atoms with Crippen molar-refractivity contribution in [3.05, 3.63) is 94.2 Å². The SMILES string of the molecule is CS(=O)(=O)Nc1ccc2c(Sc3ccccc3[N+](=O)[O-])cn(Cc3cc(F)cc(F)c3)c2c1. The highest BCUT2D eigenvalue weighted by molar-refractivity contribution is 7.99. The van der Waals surface area contributed by atoms with E-state index in [-0.39, 0.29) is 12.2 Å². The maximum absolute atomic E-state index is 13.7. The van der Waals surface area contributed by atoms with Gasteiger partial charge in [0, 0.05) is 35.2 Å². The fraction of sp³-hybridized carbons (Fsp3) is 0.0909. The zero-order valence-electron chi connectivity index (χ0n) is 17.2. The maximum atomic E-state index is 13.7. The van der Waals surface area contributed by atoms with Gasteiger partial charge < -0.3 is 4.57 Å². The van der Waals surface area contributed by atoms with E-state index in [1.54, 1.807) is 47.2 Å². The summed E-state index contributed by atoms with van der Waals surface area (Å²) in [5.41, 5.74) is 1.23. The molecule has 0 radical (unpaired) electrons. The first-order valence-electron chi connectivity index (χ1n) is 9.56. The maximum Gasteiger partial charge on any atom is 0.283 e. The first-order chi connectivity index (χ1) is 15.6. The first kappa shape index (κ1) is 22.7. The summed E-state index contributed by atoms with van der Waals surface area (Å²) in [5.74, 6) is -1.43. The molecule has 0 saturated heterocycles. The molecule has 0 aliphatic heterocycles. The Kier molecular flexibility index (Phi) is 6.09. The number of anilines is 1.